The topological polar surface area (TPSA) is 40.4 Å². The molecule has 6 heteroatoms. The average Bonchev–Trinajstić information content (AvgIpc) is 3.89. The van der Waals surface area contributed by atoms with Gasteiger partial charge in [-0.25, -0.2) is 0 Å². The van der Waals surface area contributed by atoms with E-state index in [1.165, 1.54) is 62.6 Å². The summed E-state index contributed by atoms with van der Waals surface area (Å²) in [6, 6.07) is 55.0. The molecule has 0 spiro atoms. The van der Waals surface area contributed by atoms with Gasteiger partial charge in [0, 0.05) is 56.7 Å². The zero-order valence-corrected chi connectivity index (χ0v) is 30.0. The number of nitrogens with one attached hydrogen (secondary N) is 2. The van der Waals surface area contributed by atoms with Gasteiger partial charge in [-0.3, -0.25) is 15.5 Å². The van der Waals surface area contributed by atoms with Gasteiger partial charge in [-0.15, -0.1) is 22.7 Å². The molecule has 0 bridgehead atoms. The Hall–Kier alpha value is -5.34. The van der Waals surface area contributed by atoms with Crippen molar-refractivity contribution < 1.29 is 4.42 Å². The second-order valence-electron chi connectivity index (χ2n) is 13.8. The number of hydrogen-bond donors (Lipinski definition) is 2. The van der Waals surface area contributed by atoms with Crippen molar-refractivity contribution in [2.75, 3.05) is 7.05 Å². The van der Waals surface area contributed by atoms with E-state index >= 15 is 0 Å². The van der Waals surface area contributed by atoms with Gasteiger partial charge < -0.3 is 4.42 Å². The summed E-state index contributed by atoms with van der Waals surface area (Å²) in [6.45, 7) is 0. The van der Waals surface area contributed by atoms with Gasteiger partial charge >= 0.3 is 0 Å². The highest BCUT2D eigenvalue weighted by molar-refractivity contribution is 7.26. The van der Waals surface area contributed by atoms with Gasteiger partial charge in [0.1, 0.15) is 11.2 Å². The first-order chi connectivity index (χ1) is 25.7. The first kappa shape index (κ1) is 30.3. The zero-order valence-electron chi connectivity index (χ0n) is 28.3. The Morgan fingerprint density at radius 1 is 0.519 bits per heavy atom. The fourth-order valence-electron chi connectivity index (χ4n) is 8.32. The number of thiophene rings is 2. The van der Waals surface area contributed by atoms with Crippen LogP contribution in [0.3, 0.4) is 0 Å². The summed E-state index contributed by atoms with van der Waals surface area (Å²) in [6.07, 6.45) is -0.245. The first-order valence-corrected chi connectivity index (χ1v) is 19.4. The molecule has 0 saturated carbocycles. The quantitative estimate of drug-likeness (QED) is 0.191. The second kappa shape index (κ2) is 11.9. The number of hydrogen-bond acceptors (Lipinski definition) is 6. The molecule has 11 rings (SSSR count). The van der Waals surface area contributed by atoms with Gasteiger partial charge in [-0.2, -0.15) is 0 Å². The summed E-state index contributed by atoms with van der Waals surface area (Å²) in [5, 5.41) is 15.4. The van der Waals surface area contributed by atoms with Crippen molar-refractivity contribution in [1.29, 1.82) is 0 Å². The Morgan fingerprint density at radius 2 is 1.21 bits per heavy atom. The molecule has 3 unspecified atom stereocenters. The number of fused-ring (bicyclic) bond motifs is 9. The number of nitrogens with zero attached hydrogens (tertiary/aromatic N) is 1. The summed E-state index contributed by atoms with van der Waals surface area (Å²) in [4.78, 5) is 2.41. The molecule has 3 aromatic heterocycles. The Kier molecular flexibility index (Phi) is 6.91. The van der Waals surface area contributed by atoms with Gasteiger partial charge in [0.05, 0.1) is 18.5 Å². The lowest BCUT2D eigenvalue weighted by atomic mass is 9.99. The number of furan rings is 1. The number of para-hydroxylation sites is 1. The molecule has 2 N–H and O–H groups in total. The summed E-state index contributed by atoms with van der Waals surface area (Å²) in [7, 11) is 2.21. The minimum Gasteiger partial charge on any atom is -0.456 e. The van der Waals surface area contributed by atoms with Crippen molar-refractivity contribution in [3.63, 3.8) is 0 Å². The molecule has 0 amide bonds. The number of benzene rings is 7. The Balaban J connectivity index is 1.04. The van der Waals surface area contributed by atoms with E-state index in [1.807, 2.05) is 22.7 Å². The van der Waals surface area contributed by atoms with E-state index in [0.29, 0.717) is 0 Å². The monoisotopic (exact) mass is 707 g/mol. The van der Waals surface area contributed by atoms with E-state index < -0.39 is 0 Å². The molecular formula is C46H33N3OS2. The van der Waals surface area contributed by atoms with Crippen LogP contribution in [0.4, 0.5) is 0 Å². The standard InChI is InChI=1S/C46H33N3OS2/c1-49-45(29-22-24-41-37(26-29)32-14-6-7-19-39(32)51-41)47-44(27-11-3-2-4-12-27)48-46(49)35-18-10-16-33-36-25-28(21-23-38(36)50-42(33)35)30-15-9-17-34-31-13-5-8-20-40(31)52-43(30)34/h2-26,44-48H,1H3. The highest BCUT2D eigenvalue weighted by Gasteiger charge is 2.36. The van der Waals surface area contributed by atoms with E-state index in [2.05, 4.69) is 174 Å². The SMILES string of the molecule is CN1C(c2ccc3sc4ccccc4c3c2)NC(c2ccccc2)NC1c1cccc2c1oc1ccc(-c3cccc4c3sc3ccccc34)cc12. The van der Waals surface area contributed by atoms with E-state index in [1.54, 1.807) is 0 Å². The zero-order chi connectivity index (χ0) is 34.3. The Bertz CT molecular complexity index is 2980. The third kappa shape index (κ3) is 4.69. The maximum atomic E-state index is 6.81. The Labute approximate surface area is 308 Å². The lowest BCUT2D eigenvalue weighted by molar-refractivity contribution is 0.0420. The predicted molar refractivity (Wildman–Crippen MR) is 220 cm³/mol. The van der Waals surface area contributed by atoms with Crippen LogP contribution < -0.4 is 10.6 Å². The molecule has 0 radical (unpaired) electrons. The molecule has 1 aliphatic rings. The molecule has 3 atom stereocenters. The van der Waals surface area contributed by atoms with Gasteiger partial charge in [0.2, 0.25) is 0 Å². The molecule has 1 fully saturated rings. The van der Waals surface area contributed by atoms with Crippen LogP contribution in [0.1, 0.15) is 35.2 Å². The minimum atomic E-state index is -0.123. The van der Waals surface area contributed by atoms with Crippen LogP contribution in [0.2, 0.25) is 0 Å². The maximum absolute atomic E-state index is 6.81. The van der Waals surface area contributed by atoms with Crippen molar-refractivity contribution in [3.8, 4) is 11.1 Å². The minimum absolute atomic E-state index is 0.0486. The van der Waals surface area contributed by atoms with Crippen LogP contribution in [0.5, 0.6) is 0 Å². The lowest BCUT2D eigenvalue weighted by Crippen LogP contribution is -2.54. The number of rotatable bonds is 4. The van der Waals surface area contributed by atoms with E-state index in [0.717, 1.165) is 27.5 Å². The van der Waals surface area contributed by atoms with Crippen LogP contribution in [-0.2, 0) is 0 Å². The molecule has 1 saturated heterocycles. The largest absolute Gasteiger partial charge is 0.456 e. The van der Waals surface area contributed by atoms with Crippen molar-refractivity contribution in [2.45, 2.75) is 18.5 Å². The van der Waals surface area contributed by atoms with Gasteiger partial charge in [0.15, 0.2) is 0 Å². The molecule has 1 aliphatic heterocycles. The lowest BCUT2D eigenvalue weighted by Gasteiger charge is -2.45. The molecule has 10 aromatic rings. The summed E-state index contributed by atoms with van der Waals surface area (Å²) in [5.41, 5.74) is 7.85. The van der Waals surface area contributed by atoms with E-state index in [9.17, 15) is 0 Å². The van der Waals surface area contributed by atoms with Crippen molar-refractivity contribution in [2.24, 2.45) is 0 Å². The molecule has 4 heterocycles. The average molecular weight is 708 g/mol. The van der Waals surface area contributed by atoms with Crippen molar-refractivity contribution in [3.05, 3.63) is 168 Å². The normalized spacial score (nSPS) is 18.4. The van der Waals surface area contributed by atoms with Gasteiger partial charge in [0.25, 0.3) is 0 Å². The van der Waals surface area contributed by atoms with E-state index in [4.69, 9.17) is 4.42 Å². The molecule has 0 aliphatic carbocycles. The summed E-state index contributed by atoms with van der Waals surface area (Å²) < 4.78 is 12.1. The van der Waals surface area contributed by atoms with Gasteiger partial charge in [-0.1, -0.05) is 115 Å². The fraction of sp³-hybridized carbons (Fsp3) is 0.0870. The maximum Gasteiger partial charge on any atom is 0.141 e. The highest BCUT2D eigenvalue weighted by Crippen LogP contribution is 2.44. The second-order valence-corrected chi connectivity index (χ2v) is 16.0. The predicted octanol–water partition coefficient (Wildman–Crippen LogP) is 12.5. The fourth-order valence-corrected chi connectivity index (χ4v) is 10.6. The third-order valence-electron chi connectivity index (χ3n) is 10.9. The van der Waals surface area contributed by atoms with Crippen LogP contribution in [0.25, 0.3) is 73.4 Å². The van der Waals surface area contributed by atoms with Gasteiger partial charge in [-0.05, 0) is 65.7 Å². The molecule has 7 aromatic carbocycles. The Morgan fingerprint density at radius 3 is 2.08 bits per heavy atom. The van der Waals surface area contributed by atoms with Crippen LogP contribution in [0, 0.1) is 0 Å². The van der Waals surface area contributed by atoms with Crippen molar-refractivity contribution >= 4 is 85.0 Å². The summed E-state index contributed by atoms with van der Waals surface area (Å²) in [5.74, 6) is 0. The molecular weight excluding hydrogens is 675 g/mol. The van der Waals surface area contributed by atoms with E-state index in [-0.39, 0.29) is 18.5 Å². The molecule has 250 valence electrons. The smallest absolute Gasteiger partial charge is 0.141 e. The molecule has 4 nitrogen and oxygen atoms in total. The van der Waals surface area contributed by atoms with Crippen LogP contribution in [0.15, 0.2) is 156 Å². The third-order valence-corrected chi connectivity index (χ3v) is 13.2. The molecule has 52 heavy (non-hydrogen) atoms. The van der Waals surface area contributed by atoms with Crippen molar-refractivity contribution in [1.82, 2.24) is 15.5 Å². The first-order valence-electron chi connectivity index (χ1n) is 17.7. The highest BCUT2D eigenvalue weighted by atomic mass is 32.1. The van der Waals surface area contributed by atoms with Crippen LogP contribution >= 0.6 is 22.7 Å². The summed E-state index contributed by atoms with van der Waals surface area (Å²) >= 11 is 3.73. The van der Waals surface area contributed by atoms with Crippen LogP contribution in [-0.4, -0.2) is 11.9 Å².